The Morgan fingerprint density at radius 3 is 2.00 bits per heavy atom. The Labute approximate surface area is 95.1 Å². The van der Waals surface area contributed by atoms with Crippen LogP contribution in [0.15, 0.2) is 61.2 Å². The minimum atomic E-state index is 0.685. The van der Waals surface area contributed by atoms with Crippen LogP contribution < -0.4 is 0 Å². The van der Waals surface area contributed by atoms with Crippen molar-refractivity contribution in [2.24, 2.45) is 0 Å². The van der Waals surface area contributed by atoms with E-state index in [-0.39, 0.29) is 0 Å². The topological polar surface area (TPSA) is 17.1 Å². The molecule has 2 rings (SSSR count). The first-order valence-corrected chi connectivity index (χ1v) is 5.11. The minimum Gasteiger partial charge on any atom is -0.298 e. The largest absolute Gasteiger partial charge is 0.298 e. The fourth-order valence-corrected chi connectivity index (χ4v) is 1.57. The van der Waals surface area contributed by atoms with Crippen molar-refractivity contribution in [2.45, 2.75) is 0 Å². The van der Waals surface area contributed by atoms with Crippen molar-refractivity contribution in [2.75, 3.05) is 0 Å². The Morgan fingerprint density at radius 1 is 0.875 bits per heavy atom. The maximum absolute atomic E-state index is 10.5. The Balaban J connectivity index is 2.31. The Kier molecular flexibility index (Phi) is 2.97. The zero-order chi connectivity index (χ0) is 11.4. The van der Waals surface area contributed by atoms with Gasteiger partial charge in [0, 0.05) is 5.56 Å². The number of hydrogen-bond donors (Lipinski definition) is 0. The normalized spacial score (nSPS) is 9.75. The lowest BCUT2D eigenvalue weighted by Crippen LogP contribution is -1.86. The van der Waals surface area contributed by atoms with Crippen molar-refractivity contribution < 1.29 is 4.79 Å². The summed E-state index contributed by atoms with van der Waals surface area (Å²) in [6.07, 6.45) is 0.842. The summed E-state index contributed by atoms with van der Waals surface area (Å²) in [7, 11) is 0. The van der Waals surface area contributed by atoms with E-state index in [9.17, 15) is 4.79 Å². The third-order valence-electron chi connectivity index (χ3n) is 2.52. The predicted octanol–water partition coefficient (Wildman–Crippen LogP) is 3.56. The summed E-state index contributed by atoms with van der Waals surface area (Å²) in [4.78, 5) is 10.5. The molecule has 16 heavy (non-hydrogen) atoms. The van der Waals surface area contributed by atoms with Gasteiger partial charge in [0.05, 0.1) is 0 Å². The smallest absolute Gasteiger partial charge is 0.150 e. The van der Waals surface area contributed by atoms with Crippen LogP contribution in [0.4, 0.5) is 0 Å². The molecule has 0 bridgehead atoms. The van der Waals surface area contributed by atoms with Crippen LogP contribution in [0.3, 0.4) is 0 Å². The molecule has 0 fully saturated rings. The lowest BCUT2D eigenvalue weighted by atomic mass is 9.99. The highest BCUT2D eigenvalue weighted by atomic mass is 16.1. The Hall–Kier alpha value is -2.15. The average Bonchev–Trinajstić information content (AvgIpc) is 2.39. The monoisotopic (exact) mass is 208 g/mol. The number of carbonyl (C=O) groups excluding carboxylic acids is 1. The molecule has 0 saturated carbocycles. The van der Waals surface area contributed by atoms with Gasteiger partial charge < -0.3 is 0 Å². The molecular formula is C15H12O. The van der Waals surface area contributed by atoms with Crippen LogP contribution in [-0.2, 0) is 0 Å². The molecule has 78 valence electrons. The van der Waals surface area contributed by atoms with Gasteiger partial charge in [-0.15, -0.1) is 0 Å². The van der Waals surface area contributed by atoms with Gasteiger partial charge >= 0.3 is 0 Å². The number of benzene rings is 2. The van der Waals surface area contributed by atoms with Gasteiger partial charge in [0.25, 0.3) is 0 Å². The molecule has 0 aliphatic rings. The molecule has 0 spiro atoms. The van der Waals surface area contributed by atoms with Crippen LogP contribution in [0.25, 0.3) is 5.57 Å². The molecule has 0 aromatic heterocycles. The van der Waals surface area contributed by atoms with Crippen molar-refractivity contribution >= 4 is 11.9 Å². The van der Waals surface area contributed by atoms with E-state index in [4.69, 9.17) is 0 Å². The van der Waals surface area contributed by atoms with Gasteiger partial charge in [0.15, 0.2) is 0 Å². The van der Waals surface area contributed by atoms with Crippen LogP contribution in [0.1, 0.15) is 21.5 Å². The zero-order valence-corrected chi connectivity index (χ0v) is 8.89. The molecular weight excluding hydrogens is 196 g/mol. The molecule has 1 nitrogen and oxygen atoms in total. The maximum Gasteiger partial charge on any atom is 0.150 e. The summed E-state index contributed by atoms with van der Waals surface area (Å²) in [6, 6.07) is 17.4. The van der Waals surface area contributed by atoms with Gasteiger partial charge in [-0.25, -0.2) is 0 Å². The molecule has 2 aromatic carbocycles. The van der Waals surface area contributed by atoms with Crippen molar-refractivity contribution in [3.8, 4) is 0 Å². The minimum absolute atomic E-state index is 0.685. The van der Waals surface area contributed by atoms with Crippen molar-refractivity contribution in [1.29, 1.82) is 0 Å². The molecule has 0 amide bonds. The van der Waals surface area contributed by atoms with E-state index in [2.05, 4.69) is 6.58 Å². The van der Waals surface area contributed by atoms with Crippen LogP contribution in [0.5, 0.6) is 0 Å². The predicted molar refractivity (Wildman–Crippen MR) is 66.4 cm³/mol. The van der Waals surface area contributed by atoms with Crippen molar-refractivity contribution in [3.05, 3.63) is 77.9 Å². The molecule has 0 atom stereocenters. The van der Waals surface area contributed by atoms with E-state index in [1.807, 2.05) is 42.5 Å². The Bertz CT molecular complexity index is 495. The van der Waals surface area contributed by atoms with Gasteiger partial charge in [-0.3, -0.25) is 4.79 Å². The summed E-state index contributed by atoms with van der Waals surface area (Å²) in [6.45, 7) is 4.06. The molecule has 1 heteroatoms. The van der Waals surface area contributed by atoms with Crippen LogP contribution >= 0.6 is 0 Å². The molecule has 0 aliphatic heterocycles. The van der Waals surface area contributed by atoms with Gasteiger partial charge in [0.1, 0.15) is 6.29 Å². The molecule has 0 N–H and O–H groups in total. The van der Waals surface area contributed by atoms with E-state index < -0.39 is 0 Å². The van der Waals surface area contributed by atoms with Gasteiger partial charge in [0.2, 0.25) is 0 Å². The first-order valence-electron chi connectivity index (χ1n) is 5.11. The molecule has 0 radical (unpaired) electrons. The van der Waals surface area contributed by atoms with E-state index in [1.54, 1.807) is 12.1 Å². The van der Waals surface area contributed by atoms with Crippen LogP contribution in [-0.4, -0.2) is 6.29 Å². The summed E-state index contributed by atoms with van der Waals surface area (Å²) in [5.41, 5.74) is 3.79. The zero-order valence-electron chi connectivity index (χ0n) is 8.89. The van der Waals surface area contributed by atoms with E-state index in [1.165, 1.54) is 0 Å². The fraction of sp³-hybridized carbons (Fsp3) is 0. The first kappa shape index (κ1) is 10.4. The molecule has 2 aromatic rings. The summed E-state index contributed by atoms with van der Waals surface area (Å²) in [5.74, 6) is 0. The molecule has 0 unspecified atom stereocenters. The van der Waals surface area contributed by atoms with Crippen molar-refractivity contribution in [3.63, 3.8) is 0 Å². The van der Waals surface area contributed by atoms with Gasteiger partial charge in [-0.1, -0.05) is 61.2 Å². The Morgan fingerprint density at radius 2 is 1.44 bits per heavy atom. The molecule has 0 aliphatic carbocycles. The second-order valence-electron chi connectivity index (χ2n) is 3.58. The quantitative estimate of drug-likeness (QED) is 0.705. The lowest BCUT2D eigenvalue weighted by molar-refractivity contribution is 0.112. The molecule has 0 heterocycles. The third kappa shape index (κ3) is 2.09. The highest BCUT2D eigenvalue weighted by Gasteiger charge is 2.01. The van der Waals surface area contributed by atoms with Crippen LogP contribution in [0.2, 0.25) is 0 Å². The summed E-state index contributed by atoms with van der Waals surface area (Å²) in [5, 5.41) is 0. The first-order chi connectivity index (χ1) is 7.81. The molecule has 0 saturated heterocycles. The van der Waals surface area contributed by atoms with E-state index in [0.717, 1.165) is 23.0 Å². The number of hydrogen-bond acceptors (Lipinski definition) is 1. The number of aldehydes is 1. The van der Waals surface area contributed by atoms with Gasteiger partial charge in [-0.2, -0.15) is 0 Å². The third-order valence-corrected chi connectivity index (χ3v) is 2.52. The second kappa shape index (κ2) is 4.58. The lowest BCUT2D eigenvalue weighted by Gasteiger charge is -2.05. The summed E-state index contributed by atoms with van der Waals surface area (Å²) >= 11 is 0. The van der Waals surface area contributed by atoms with E-state index >= 15 is 0 Å². The highest BCUT2D eigenvalue weighted by molar-refractivity contribution is 5.80. The SMILES string of the molecule is C=C(c1ccccc1)c1ccc(C=O)cc1. The maximum atomic E-state index is 10.5. The van der Waals surface area contributed by atoms with E-state index in [0.29, 0.717) is 5.56 Å². The number of carbonyl (C=O) groups is 1. The summed E-state index contributed by atoms with van der Waals surface area (Å²) < 4.78 is 0. The highest BCUT2D eigenvalue weighted by Crippen LogP contribution is 2.21. The average molecular weight is 208 g/mol. The standard InChI is InChI=1S/C15H12O/c1-12(14-5-3-2-4-6-14)15-9-7-13(11-16)8-10-15/h2-11H,1H2. The van der Waals surface area contributed by atoms with Crippen LogP contribution in [0, 0.1) is 0 Å². The number of rotatable bonds is 3. The fourth-order valence-electron chi connectivity index (χ4n) is 1.57. The van der Waals surface area contributed by atoms with Crippen molar-refractivity contribution in [1.82, 2.24) is 0 Å². The van der Waals surface area contributed by atoms with Gasteiger partial charge in [-0.05, 0) is 16.7 Å². The second-order valence-corrected chi connectivity index (χ2v) is 3.58.